The fourth-order valence-corrected chi connectivity index (χ4v) is 1.85. The maximum absolute atomic E-state index is 12.0. The summed E-state index contributed by atoms with van der Waals surface area (Å²) >= 11 is 0. The summed E-state index contributed by atoms with van der Waals surface area (Å²) in [5.74, 6) is 0.0946. The van der Waals surface area contributed by atoms with Crippen LogP contribution < -0.4 is 5.32 Å². The number of carbonyl (C=O) groups excluding carboxylic acids is 1. The van der Waals surface area contributed by atoms with Crippen LogP contribution in [0.15, 0.2) is 40.0 Å². The molecule has 3 rings (SSSR count). The van der Waals surface area contributed by atoms with Crippen molar-refractivity contribution in [2.24, 2.45) is 5.16 Å². The standard InChI is InChI=1S/C13H12N4O3/c1-8-14-13(20-16-8)15-12(18)11-7-10(17-19-11)9-5-3-2-4-6-9/h2-6,11H,7H2,1H3,(H,14,15,16,18). The average Bonchev–Trinajstić information content (AvgIpc) is 3.09. The number of nitrogens with zero attached hydrogens (tertiary/aromatic N) is 3. The van der Waals surface area contributed by atoms with Gasteiger partial charge in [0, 0.05) is 6.42 Å². The molecule has 1 aliphatic heterocycles. The summed E-state index contributed by atoms with van der Waals surface area (Å²) in [6, 6.07) is 9.64. The molecule has 2 heterocycles. The Hall–Kier alpha value is -2.70. The molecule has 1 unspecified atom stereocenters. The minimum Gasteiger partial charge on any atom is -0.382 e. The lowest BCUT2D eigenvalue weighted by Crippen LogP contribution is -2.28. The summed E-state index contributed by atoms with van der Waals surface area (Å²) in [5.41, 5.74) is 1.68. The number of carbonyl (C=O) groups is 1. The number of anilines is 1. The predicted molar refractivity (Wildman–Crippen MR) is 70.1 cm³/mol. The van der Waals surface area contributed by atoms with Gasteiger partial charge in [-0.2, -0.15) is 4.98 Å². The van der Waals surface area contributed by atoms with Gasteiger partial charge in [0.15, 0.2) is 5.82 Å². The van der Waals surface area contributed by atoms with E-state index in [0.29, 0.717) is 12.2 Å². The summed E-state index contributed by atoms with van der Waals surface area (Å²) in [7, 11) is 0. The molecule has 1 N–H and O–H groups in total. The van der Waals surface area contributed by atoms with Gasteiger partial charge in [0.1, 0.15) is 0 Å². The van der Waals surface area contributed by atoms with Gasteiger partial charge in [-0.3, -0.25) is 10.1 Å². The fraction of sp³-hybridized carbons (Fsp3) is 0.231. The Morgan fingerprint density at radius 2 is 2.15 bits per heavy atom. The lowest BCUT2D eigenvalue weighted by atomic mass is 10.1. The molecule has 0 fully saturated rings. The van der Waals surface area contributed by atoms with Crippen LogP contribution in [0.1, 0.15) is 17.8 Å². The van der Waals surface area contributed by atoms with Gasteiger partial charge in [0.25, 0.3) is 5.91 Å². The number of benzene rings is 1. The van der Waals surface area contributed by atoms with Crippen molar-refractivity contribution in [3.8, 4) is 0 Å². The highest BCUT2D eigenvalue weighted by atomic mass is 16.6. The van der Waals surface area contributed by atoms with Crippen LogP contribution in [-0.4, -0.2) is 27.9 Å². The molecule has 1 aliphatic rings. The molecule has 0 spiro atoms. The van der Waals surface area contributed by atoms with Gasteiger partial charge in [-0.25, -0.2) is 0 Å². The van der Waals surface area contributed by atoms with Crippen LogP contribution in [0.2, 0.25) is 0 Å². The molecule has 20 heavy (non-hydrogen) atoms. The zero-order chi connectivity index (χ0) is 13.9. The molecule has 0 saturated heterocycles. The van der Waals surface area contributed by atoms with E-state index >= 15 is 0 Å². The highest BCUT2D eigenvalue weighted by Gasteiger charge is 2.29. The molecular formula is C13H12N4O3. The lowest BCUT2D eigenvalue weighted by molar-refractivity contribution is -0.125. The first-order valence-corrected chi connectivity index (χ1v) is 6.11. The second kappa shape index (κ2) is 5.12. The minimum absolute atomic E-state index is 0.0595. The van der Waals surface area contributed by atoms with E-state index in [1.807, 2.05) is 30.3 Å². The van der Waals surface area contributed by atoms with Crippen LogP contribution >= 0.6 is 0 Å². The Kier molecular flexibility index (Phi) is 3.16. The third-order valence-electron chi connectivity index (χ3n) is 2.83. The van der Waals surface area contributed by atoms with Crippen LogP contribution in [0.5, 0.6) is 0 Å². The number of aromatic nitrogens is 2. The van der Waals surface area contributed by atoms with Crippen molar-refractivity contribution < 1.29 is 14.2 Å². The zero-order valence-electron chi connectivity index (χ0n) is 10.7. The van der Waals surface area contributed by atoms with Crippen LogP contribution in [0.4, 0.5) is 6.01 Å². The monoisotopic (exact) mass is 272 g/mol. The van der Waals surface area contributed by atoms with Gasteiger partial charge < -0.3 is 9.36 Å². The molecule has 1 aromatic carbocycles. The number of hydrogen-bond acceptors (Lipinski definition) is 6. The van der Waals surface area contributed by atoms with Crippen LogP contribution in [-0.2, 0) is 9.63 Å². The van der Waals surface area contributed by atoms with Crippen molar-refractivity contribution in [1.29, 1.82) is 0 Å². The van der Waals surface area contributed by atoms with E-state index in [-0.39, 0.29) is 11.9 Å². The predicted octanol–water partition coefficient (Wildman–Crippen LogP) is 1.51. The van der Waals surface area contributed by atoms with E-state index in [1.165, 1.54) is 0 Å². The van der Waals surface area contributed by atoms with Crippen LogP contribution in [0.3, 0.4) is 0 Å². The number of rotatable bonds is 3. The Morgan fingerprint density at radius 1 is 1.35 bits per heavy atom. The van der Waals surface area contributed by atoms with E-state index in [4.69, 9.17) is 9.36 Å². The molecule has 1 atom stereocenters. The first-order valence-electron chi connectivity index (χ1n) is 6.11. The first kappa shape index (κ1) is 12.3. The molecule has 0 bridgehead atoms. The fourth-order valence-electron chi connectivity index (χ4n) is 1.85. The Labute approximate surface area is 114 Å². The summed E-state index contributed by atoms with van der Waals surface area (Å²) in [6.45, 7) is 1.67. The molecule has 2 aromatic rings. The molecule has 7 heteroatoms. The quantitative estimate of drug-likeness (QED) is 0.914. The molecule has 7 nitrogen and oxygen atoms in total. The van der Waals surface area contributed by atoms with Gasteiger partial charge in [0.2, 0.25) is 6.10 Å². The third-order valence-corrected chi connectivity index (χ3v) is 2.83. The third kappa shape index (κ3) is 2.51. The van der Waals surface area contributed by atoms with E-state index in [0.717, 1.165) is 11.3 Å². The largest absolute Gasteiger partial charge is 0.382 e. The van der Waals surface area contributed by atoms with Gasteiger partial charge >= 0.3 is 6.01 Å². The van der Waals surface area contributed by atoms with Gasteiger partial charge in [-0.1, -0.05) is 40.6 Å². The van der Waals surface area contributed by atoms with Crippen molar-refractivity contribution in [2.75, 3.05) is 5.32 Å². The van der Waals surface area contributed by atoms with Crippen LogP contribution in [0.25, 0.3) is 0 Å². The van der Waals surface area contributed by atoms with Crippen molar-refractivity contribution in [3.05, 3.63) is 41.7 Å². The number of aryl methyl sites for hydroxylation is 1. The summed E-state index contributed by atoms with van der Waals surface area (Å²) in [6.07, 6.45) is -0.277. The molecule has 1 amide bonds. The Bertz CT molecular complexity index is 651. The summed E-state index contributed by atoms with van der Waals surface area (Å²) < 4.78 is 4.82. The van der Waals surface area contributed by atoms with E-state index in [9.17, 15) is 4.79 Å². The molecule has 1 aromatic heterocycles. The van der Waals surface area contributed by atoms with Gasteiger partial charge in [-0.15, -0.1) is 0 Å². The highest BCUT2D eigenvalue weighted by molar-refractivity contribution is 6.05. The topological polar surface area (TPSA) is 89.6 Å². The first-order chi connectivity index (χ1) is 9.72. The smallest absolute Gasteiger partial charge is 0.328 e. The van der Waals surface area contributed by atoms with Crippen molar-refractivity contribution in [1.82, 2.24) is 10.1 Å². The average molecular weight is 272 g/mol. The van der Waals surface area contributed by atoms with Crippen LogP contribution in [0, 0.1) is 6.92 Å². The Morgan fingerprint density at radius 3 is 2.85 bits per heavy atom. The maximum atomic E-state index is 12.0. The molecule has 102 valence electrons. The normalized spacial score (nSPS) is 17.4. The number of hydrogen-bond donors (Lipinski definition) is 1. The second-order valence-corrected chi connectivity index (χ2v) is 4.34. The SMILES string of the molecule is Cc1noc(NC(=O)C2CC(c3ccccc3)=NO2)n1. The van der Waals surface area contributed by atoms with E-state index in [2.05, 4.69) is 20.6 Å². The molecular weight excluding hydrogens is 260 g/mol. The highest BCUT2D eigenvalue weighted by Crippen LogP contribution is 2.17. The number of nitrogens with one attached hydrogen (secondary N) is 1. The molecule has 0 aliphatic carbocycles. The number of amides is 1. The summed E-state index contributed by atoms with van der Waals surface area (Å²) in [5, 5.41) is 10.0. The second-order valence-electron chi connectivity index (χ2n) is 4.34. The van der Waals surface area contributed by atoms with E-state index < -0.39 is 6.10 Å². The maximum Gasteiger partial charge on any atom is 0.328 e. The minimum atomic E-state index is -0.683. The van der Waals surface area contributed by atoms with Crippen molar-refractivity contribution in [2.45, 2.75) is 19.4 Å². The summed E-state index contributed by atoms with van der Waals surface area (Å²) in [4.78, 5) is 21.0. The Balaban J connectivity index is 1.62. The van der Waals surface area contributed by atoms with Crippen molar-refractivity contribution in [3.63, 3.8) is 0 Å². The van der Waals surface area contributed by atoms with Gasteiger partial charge in [0.05, 0.1) is 5.71 Å². The number of oxime groups is 1. The lowest BCUT2D eigenvalue weighted by Gasteiger charge is -2.05. The molecule has 0 saturated carbocycles. The van der Waals surface area contributed by atoms with E-state index in [1.54, 1.807) is 6.92 Å². The van der Waals surface area contributed by atoms with Crippen molar-refractivity contribution >= 4 is 17.6 Å². The van der Waals surface area contributed by atoms with Gasteiger partial charge in [-0.05, 0) is 12.5 Å². The zero-order valence-corrected chi connectivity index (χ0v) is 10.7. The molecule has 0 radical (unpaired) electrons.